The van der Waals surface area contributed by atoms with Gasteiger partial charge in [0.1, 0.15) is 5.75 Å². The Morgan fingerprint density at radius 3 is 2.88 bits per heavy atom. The minimum Gasteiger partial charge on any atom is -0.495 e. The molecule has 0 fully saturated rings. The van der Waals surface area contributed by atoms with E-state index in [1.807, 2.05) is 11.4 Å². The molecule has 0 saturated carbocycles. The van der Waals surface area contributed by atoms with Crippen molar-refractivity contribution in [1.29, 1.82) is 0 Å². The van der Waals surface area contributed by atoms with Crippen molar-refractivity contribution >= 4 is 27.3 Å². The van der Waals surface area contributed by atoms with Gasteiger partial charge in [-0.1, -0.05) is 0 Å². The number of methoxy groups -OCH3 is 1. The van der Waals surface area contributed by atoms with Crippen molar-refractivity contribution in [2.45, 2.75) is 6.04 Å². The van der Waals surface area contributed by atoms with E-state index in [4.69, 9.17) is 10.6 Å². The minimum absolute atomic E-state index is 0.117. The van der Waals surface area contributed by atoms with Crippen LogP contribution in [0, 0.1) is 0 Å². The molecule has 0 spiro atoms. The van der Waals surface area contributed by atoms with Gasteiger partial charge in [0.25, 0.3) is 0 Å². The van der Waals surface area contributed by atoms with Crippen LogP contribution in [-0.4, -0.2) is 12.1 Å². The van der Waals surface area contributed by atoms with Crippen LogP contribution < -0.4 is 16.0 Å². The Morgan fingerprint density at radius 2 is 2.29 bits per heavy atom. The first-order chi connectivity index (χ1) is 8.27. The fraction of sp³-hybridized carbons (Fsp3) is 0.182. The lowest BCUT2D eigenvalue weighted by atomic mass is 10.0. The molecule has 2 rings (SSSR count). The SMILES string of the molecule is COc1cnccc1C(NN)c1cscc1Br. The molecule has 17 heavy (non-hydrogen) atoms. The maximum absolute atomic E-state index is 5.65. The molecule has 0 bridgehead atoms. The van der Waals surface area contributed by atoms with Gasteiger partial charge in [-0.3, -0.25) is 10.8 Å². The number of ether oxygens (including phenoxy) is 1. The summed E-state index contributed by atoms with van der Waals surface area (Å²) < 4.78 is 6.33. The topological polar surface area (TPSA) is 60.2 Å². The second kappa shape index (κ2) is 5.59. The van der Waals surface area contributed by atoms with E-state index in [9.17, 15) is 0 Å². The molecule has 0 aliphatic carbocycles. The fourth-order valence-electron chi connectivity index (χ4n) is 1.64. The molecule has 0 aromatic carbocycles. The van der Waals surface area contributed by atoms with Crippen molar-refractivity contribution in [3.8, 4) is 5.75 Å². The Balaban J connectivity index is 2.46. The van der Waals surface area contributed by atoms with Gasteiger partial charge in [-0.2, -0.15) is 11.3 Å². The standard InChI is InChI=1S/C11H12BrN3OS/c1-16-10-4-14-3-2-7(10)11(15-13)8-5-17-6-9(8)12/h2-6,11,15H,13H2,1H3. The maximum Gasteiger partial charge on any atom is 0.142 e. The molecular formula is C11H12BrN3OS. The highest BCUT2D eigenvalue weighted by atomic mass is 79.9. The van der Waals surface area contributed by atoms with E-state index in [0.29, 0.717) is 5.75 Å². The highest BCUT2D eigenvalue weighted by Crippen LogP contribution is 2.34. The van der Waals surface area contributed by atoms with Gasteiger partial charge in [-0.25, -0.2) is 5.43 Å². The number of nitrogens with two attached hydrogens (primary N) is 1. The monoisotopic (exact) mass is 313 g/mol. The number of hydrogen-bond acceptors (Lipinski definition) is 5. The molecule has 1 atom stereocenters. The Labute approximate surface area is 112 Å². The van der Waals surface area contributed by atoms with Crippen molar-refractivity contribution in [1.82, 2.24) is 10.4 Å². The second-order valence-corrected chi connectivity index (χ2v) is 4.99. The zero-order valence-corrected chi connectivity index (χ0v) is 11.6. The summed E-state index contributed by atoms with van der Waals surface area (Å²) in [7, 11) is 1.62. The van der Waals surface area contributed by atoms with Gasteiger partial charge >= 0.3 is 0 Å². The number of pyridine rings is 1. The molecule has 2 heterocycles. The van der Waals surface area contributed by atoms with Gasteiger partial charge in [0.15, 0.2) is 0 Å². The van der Waals surface area contributed by atoms with Crippen LogP contribution in [0.25, 0.3) is 0 Å². The second-order valence-electron chi connectivity index (χ2n) is 3.39. The highest BCUT2D eigenvalue weighted by molar-refractivity contribution is 9.10. The van der Waals surface area contributed by atoms with Crippen molar-refractivity contribution in [2.75, 3.05) is 7.11 Å². The Kier molecular flexibility index (Phi) is 4.11. The number of thiophene rings is 1. The first-order valence-corrected chi connectivity index (χ1v) is 6.67. The summed E-state index contributed by atoms with van der Waals surface area (Å²) in [5.41, 5.74) is 4.85. The molecule has 1 unspecified atom stereocenters. The fourth-order valence-corrected chi connectivity index (χ4v) is 3.20. The summed E-state index contributed by atoms with van der Waals surface area (Å²) >= 11 is 5.13. The summed E-state index contributed by atoms with van der Waals surface area (Å²) in [6.45, 7) is 0. The van der Waals surface area contributed by atoms with Crippen LogP contribution in [0.15, 0.2) is 33.7 Å². The van der Waals surface area contributed by atoms with Gasteiger partial charge in [-0.15, -0.1) is 0 Å². The van der Waals surface area contributed by atoms with E-state index in [0.717, 1.165) is 15.6 Å². The number of nitrogens with one attached hydrogen (secondary N) is 1. The molecule has 3 N–H and O–H groups in total. The predicted octanol–water partition coefficient (Wildman–Crippen LogP) is 2.47. The number of hydrazine groups is 1. The van der Waals surface area contributed by atoms with E-state index in [1.54, 1.807) is 30.8 Å². The first kappa shape index (κ1) is 12.5. The molecule has 4 nitrogen and oxygen atoms in total. The maximum atomic E-state index is 5.65. The summed E-state index contributed by atoms with van der Waals surface area (Å²) in [6, 6.07) is 1.78. The number of aromatic nitrogens is 1. The third-order valence-corrected chi connectivity index (χ3v) is 4.22. The molecule has 0 aliphatic rings. The zero-order valence-electron chi connectivity index (χ0n) is 9.18. The highest BCUT2D eigenvalue weighted by Gasteiger charge is 2.19. The number of nitrogens with zero attached hydrogens (tertiary/aromatic N) is 1. The van der Waals surface area contributed by atoms with Crippen LogP contribution in [0.3, 0.4) is 0 Å². The van der Waals surface area contributed by atoms with Gasteiger partial charge in [0.05, 0.1) is 19.3 Å². The first-order valence-electron chi connectivity index (χ1n) is 4.93. The van der Waals surface area contributed by atoms with Crippen molar-refractivity contribution in [3.05, 3.63) is 44.8 Å². The van der Waals surface area contributed by atoms with E-state index in [2.05, 4.69) is 31.7 Å². The summed E-state index contributed by atoms with van der Waals surface area (Å²) in [5.74, 6) is 6.36. The van der Waals surface area contributed by atoms with E-state index in [-0.39, 0.29) is 6.04 Å². The van der Waals surface area contributed by atoms with Crippen LogP contribution in [0.2, 0.25) is 0 Å². The Bertz CT molecular complexity index is 503. The van der Waals surface area contributed by atoms with Gasteiger partial charge in [-0.05, 0) is 32.9 Å². The van der Waals surface area contributed by atoms with Crippen LogP contribution in [0.4, 0.5) is 0 Å². The summed E-state index contributed by atoms with van der Waals surface area (Å²) in [6.07, 6.45) is 3.41. The molecule has 0 radical (unpaired) electrons. The Morgan fingerprint density at radius 1 is 1.47 bits per heavy atom. The molecule has 2 aromatic heterocycles. The molecular weight excluding hydrogens is 302 g/mol. The number of hydrogen-bond donors (Lipinski definition) is 2. The number of halogens is 1. The lowest BCUT2D eigenvalue weighted by Crippen LogP contribution is -2.29. The molecule has 90 valence electrons. The molecule has 6 heteroatoms. The predicted molar refractivity (Wildman–Crippen MR) is 72.0 cm³/mol. The average Bonchev–Trinajstić information content (AvgIpc) is 2.78. The van der Waals surface area contributed by atoms with Crippen LogP contribution in [0.5, 0.6) is 5.75 Å². The van der Waals surface area contributed by atoms with Crippen LogP contribution in [0.1, 0.15) is 17.2 Å². The van der Waals surface area contributed by atoms with Crippen molar-refractivity contribution in [3.63, 3.8) is 0 Å². The minimum atomic E-state index is -0.117. The third-order valence-electron chi connectivity index (χ3n) is 2.47. The van der Waals surface area contributed by atoms with Crippen LogP contribution in [-0.2, 0) is 0 Å². The summed E-state index contributed by atoms with van der Waals surface area (Å²) in [4.78, 5) is 4.03. The quantitative estimate of drug-likeness (QED) is 0.672. The largest absolute Gasteiger partial charge is 0.495 e. The lowest BCUT2D eigenvalue weighted by Gasteiger charge is -2.18. The normalized spacial score (nSPS) is 12.4. The molecule has 0 amide bonds. The van der Waals surface area contributed by atoms with Gasteiger partial charge in [0, 0.05) is 21.6 Å². The third kappa shape index (κ3) is 2.50. The zero-order chi connectivity index (χ0) is 12.3. The smallest absolute Gasteiger partial charge is 0.142 e. The lowest BCUT2D eigenvalue weighted by molar-refractivity contribution is 0.402. The van der Waals surface area contributed by atoms with Crippen LogP contribution >= 0.6 is 27.3 Å². The van der Waals surface area contributed by atoms with Gasteiger partial charge in [0.2, 0.25) is 0 Å². The molecule has 2 aromatic rings. The summed E-state index contributed by atoms with van der Waals surface area (Å²) in [5, 5.41) is 4.07. The average molecular weight is 314 g/mol. The van der Waals surface area contributed by atoms with E-state index in [1.165, 1.54) is 0 Å². The molecule has 0 saturated heterocycles. The van der Waals surface area contributed by atoms with Gasteiger partial charge < -0.3 is 4.74 Å². The Hall–Kier alpha value is -0.950. The van der Waals surface area contributed by atoms with Crippen molar-refractivity contribution < 1.29 is 4.74 Å². The van der Waals surface area contributed by atoms with E-state index >= 15 is 0 Å². The number of rotatable bonds is 4. The van der Waals surface area contributed by atoms with E-state index < -0.39 is 0 Å². The molecule has 0 aliphatic heterocycles. The van der Waals surface area contributed by atoms with Crippen molar-refractivity contribution in [2.24, 2.45) is 5.84 Å².